The van der Waals surface area contributed by atoms with E-state index in [1.54, 1.807) is 12.1 Å². The van der Waals surface area contributed by atoms with E-state index in [0.29, 0.717) is 24.5 Å². The van der Waals surface area contributed by atoms with E-state index in [0.717, 1.165) is 38.5 Å². The molecule has 0 bridgehead atoms. The van der Waals surface area contributed by atoms with Gasteiger partial charge < -0.3 is 14.2 Å². The molecule has 0 radical (unpaired) electrons. The molecule has 0 amide bonds. The summed E-state index contributed by atoms with van der Waals surface area (Å²) >= 11 is 0. The number of aryl methyl sites for hydroxylation is 1. The summed E-state index contributed by atoms with van der Waals surface area (Å²) in [4.78, 5) is 8.09. The maximum Gasteiger partial charge on any atom is 0.303 e. The van der Waals surface area contributed by atoms with Gasteiger partial charge in [0.2, 0.25) is 5.95 Å². The number of ether oxygens (including phenoxy) is 3. The van der Waals surface area contributed by atoms with Gasteiger partial charge in [-0.1, -0.05) is 52.4 Å². The fourth-order valence-corrected chi connectivity index (χ4v) is 4.94. The first-order chi connectivity index (χ1) is 18.3. The van der Waals surface area contributed by atoms with Crippen LogP contribution in [0.1, 0.15) is 82.8 Å². The smallest absolute Gasteiger partial charge is 0.303 e. The van der Waals surface area contributed by atoms with Gasteiger partial charge in [-0.3, -0.25) is 4.98 Å². The summed E-state index contributed by atoms with van der Waals surface area (Å²) in [6.07, 6.45) is 6.30. The molecule has 3 heterocycles. The number of hydrogen-bond donors (Lipinski definition) is 0. The van der Waals surface area contributed by atoms with Crippen LogP contribution in [0, 0.1) is 5.95 Å². The second-order valence-corrected chi connectivity index (χ2v) is 10.3. The summed E-state index contributed by atoms with van der Waals surface area (Å²) in [5, 5.41) is 0. The number of halogens is 4. The van der Waals surface area contributed by atoms with Gasteiger partial charge in [-0.2, -0.15) is 13.2 Å². The summed E-state index contributed by atoms with van der Waals surface area (Å²) in [6, 6.07) is 4.77. The number of nitrogens with zero attached hydrogens (tertiary/aromatic N) is 2. The van der Waals surface area contributed by atoms with Crippen molar-refractivity contribution >= 4 is 0 Å². The van der Waals surface area contributed by atoms with Crippen molar-refractivity contribution in [3.05, 3.63) is 41.5 Å². The zero-order valence-corrected chi connectivity index (χ0v) is 22.2. The molecule has 4 atom stereocenters. The Morgan fingerprint density at radius 2 is 1.89 bits per heavy atom. The molecule has 4 rings (SSSR count). The Balaban J connectivity index is 1.34. The minimum absolute atomic E-state index is 0.0336. The molecule has 1 saturated heterocycles. The highest BCUT2D eigenvalue weighted by Gasteiger charge is 2.49. The van der Waals surface area contributed by atoms with Crippen LogP contribution in [-0.4, -0.2) is 47.7 Å². The van der Waals surface area contributed by atoms with Gasteiger partial charge in [-0.25, -0.2) is 9.37 Å². The number of unbranched alkanes of at least 4 members (excludes halogenated alkanes) is 4. The van der Waals surface area contributed by atoms with Gasteiger partial charge in [-0.05, 0) is 49.4 Å². The van der Waals surface area contributed by atoms with Gasteiger partial charge in [0.25, 0.3) is 0 Å². The molecular weight excluding hydrogens is 500 g/mol. The quantitative estimate of drug-likeness (QED) is 0.103. The normalized spacial score (nSPS) is 22.6. The van der Waals surface area contributed by atoms with Gasteiger partial charge in [0.05, 0.1) is 35.9 Å². The SMILES string of the molecule is CCCCCCC(F)COC1CCc2cc(-c3ccc(OCC4OC4CCCC)cn3)nc(F)c2C1(F)F. The Kier molecular flexibility index (Phi) is 9.98. The predicted molar refractivity (Wildman–Crippen MR) is 137 cm³/mol. The van der Waals surface area contributed by atoms with E-state index in [4.69, 9.17) is 14.2 Å². The Morgan fingerprint density at radius 1 is 1.08 bits per heavy atom. The standard InChI is InChI=1S/C29H38F4N2O3/c1-3-5-7-8-9-20(30)17-37-26-14-11-19-15-23(35-28(31)27(19)29(26,32)33)22-13-12-21(16-34-22)36-18-25-24(38-25)10-6-4-2/h12-13,15-16,20,24-26H,3-11,14,17-18H2,1-2H3. The highest BCUT2D eigenvalue weighted by molar-refractivity contribution is 5.57. The maximum absolute atomic E-state index is 15.2. The van der Waals surface area contributed by atoms with Crippen LogP contribution >= 0.6 is 0 Å². The fourth-order valence-electron chi connectivity index (χ4n) is 4.94. The molecule has 1 aliphatic heterocycles. The van der Waals surface area contributed by atoms with Crippen molar-refractivity contribution in [3.8, 4) is 17.1 Å². The lowest BCUT2D eigenvalue weighted by Gasteiger charge is -2.33. The number of alkyl halides is 3. The largest absolute Gasteiger partial charge is 0.489 e. The number of fused-ring (bicyclic) bond motifs is 1. The Bertz CT molecular complexity index is 1040. The Labute approximate surface area is 222 Å². The highest BCUT2D eigenvalue weighted by Crippen LogP contribution is 2.44. The zero-order valence-electron chi connectivity index (χ0n) is 22.2. The van der Waals surface area contributed by atoms with Gasteiger partial charge >= 0.3 is 5.92 Å². The molecule has 1 fully saturated rings. The Morgan fingerprint density at radius 3 is 2.63 bits per heavy atom. The number of hydrogen-bond acceptors (Lipinski definition) is 5. The number of epoxide rings is 1. The third-order valence-corrected chi connectivity index (χ3v) is 7.26. The molecule has 0 aromatic carbocycles. The number of rotatable bonds is 15. The second kappa shape index (κ2) is 13.2. The first-order valence-electron chi connectivity index (χ1n) is 13.9. The summed E-state index contributed by atoms with van der Waals surface area (Å²) in [5.74, 6) is -4.31. The van der Waals surface area contributed by atoms with E-state index in [9.17, 15) is 8.78 Å². The molecule has 2 aromatic rings. The van der Waals surface area contributed by atoms with Crippen LogP contribution in [0.25, 0.3) is 11.4 Å². The zero-order chi connectivity index (χ0) is 27.1. The highest BCUT2D eigenvalue weighted by atomic mass is 19.3. The molecule has 2 aliphatic rings. The third-order valence-electron chi connectivity index (χ3n) is 7.26. The minimum atomic E-state index is -3.60. The van der Waals surface area contributed by atoms with E-state index in [-0.39, 0.29) is 42.7 Å². The van der Waals surface area contributed by atoms with Crippen LogP contribution in [0.5, 0.6) is 5.75 Å². The molecule has 210 valence electrons. The lowest BCUT2D eigenvalue weighted by Crippen LogP contribution is -2.40. The maximum atomic E-state index is 15.2. The van der Waals surface area contributed by atoms with Crippen LogP contribution in [-0.2, 0) is 21.8 Å². The van der Waals surface area contributed by atoms with E-state index >= 15 is 8.78 Å². The molecule has 0 spiro atoms. The van der Waals surface area contributed by atoms with Crippen molar-refractivity contribution in [2.45, 2.75) is 108 Å². The van der Waals surface area contributed by atoms with E-state index < -0.39 is 36.3 Å². The average molecular weight is 539 g/mol. The number of pyridine rings is 2. The van der Waals surface area contributed by atoms with Crippen molar-refractivity contribution in [2.75, 3.05) is 13.2 Å². The topological polar surface area (TPSA) is 56.8 Å². The molecule has 0 saturated carbocycles. The van der Waals surface area contributed by atoms with Crippen molar-refractivity contribution in [2.24, 2.45) is 0 Å². The van der Waals surface area contributed by atoms with Gasteiger partial charge in [-0.15, -0.1) is 0 Å². The molecule has 38 heavy (non-hydrogen) atoms. The molecule has 1 aliphatic carbocycles. The van der Waals surface area contributed by atoms with Crippen molar-refractivity contribution < 1.29 is 31.8 Å². The van der Waals surface area contributed by atoms with Crippen molar-refractivity contribution in [3.63, 3.8) is 0 Å². The predicted octanol–water partition coefficient (Wildman–Crippen LogP) is 7.35. The van der Waals surface area contributed by atoms with E-state index in [1.165, 1.54) is 12.3 Å². The van der Waals surface area contributed by atoms with Crippen LogP contribution in [0.2, 0.25) is 0 Å². The molecular formula is C29H38F4N2O3. The van der Waals surface area contributed by atoms with Gasteiger partial charge in [0.1, 0.15) is 30.7 Å². The molecule has 0 N–H and O–H groups in total. The minimum Gasteiger partial charge on any atom is -0.489 e. The first kappa shape index (κ1) is 28.7. The summed E-state index contributed by atoms with van der Waals surface area (Å²) in [5.41, 5.74) is -0.0747. The third kappa shape index (κ3) is 7.23. The lowest BCUT2D eigenvalue weighted by molar-refractivity contribution is -0.160. The van der Waals surface area contributed by atoms with Crippen molar-refractivity contribution in [1.82, 2.24) is 9.97 Å². The van der Waals surface area contributed by atoms with Crippen molar-refractivity contribution in [1.29, 1.82) is 0 Å². The van der Waals surface area contributed by atoms with Crippen LogP contribution < -0.4 is 4.74 Å². The molecule has 2 aromatic heterocycles. The van der Waals surface area contributed by atoms with Crippen LogP contribution in [0.3, 0.4) is 0 Å². The average Bonchev–Trinajstić information content (AvgIpc) is 3.66. The summed E-state index contributed by atoms with van der Waals surface area (Å²) < 4.78 is 76.1. The van der Waals surface area contributed by atoms with Crippen LogP contribution in [0.15, 0.2) is 24.4 Å². The van der Waals surface area contributed by atoms with E-state index in [2.05, 4.69) is 23.8 Å². The molecule has 4 unspecified atom stereocenters. The second-order valence-electron chi connectivity index (χ2n) is 10.3. The molecule has 9 heteroatoms. The first-order valence-corrected chi connectivity index (χ1v) is 13.9. The van der Waals surface area contributed by atoms with Gasteiger partial charge in [0, 0.05) is 0 Å². The van der Waals surface area contributed by atoms with Crippen LogP contribution in [0.4, 0.5) is 17.6 Å². The fraction of sp³-hybridized carbons (Fsp3) is 0.655. The number of aromatic nitrogens is 2. The van der Waals surface area contributed by atoms with Gasteiger partial charge in [0.15, 0.2) is 0 Å². The van der Waals surface area contributed by atoms with E-state index in [1.807, 2.05) is 0 Å². The summed E-state index contributed by atoms with van der Waals surface area (Å²) in [7, 11) is 0. The lowest BCUT2D eigenvalue weighted by atomic mass is 9.86. The Hall–Kier alpha value is -2.26. The summed E-state index contributed by atoms with van der Waals surface area (Å²) in [6.45, 7) is 4.22. The molecule has 5 nitrogen and oxygen atoms in total. The monoisotopic (exact) mass is 538 g/mol.